The van der Waals surface area contributed by atoms with E-state index >= 15 is 0 Å². The van der Waals surface area contributed by atoms with Crippen LogP contribution in [0.1, 0.15) is 0 Å². The quantitative estimate of drug-likeness (QED) is 0.443. The number of carbonyl (C=O) groups excluding carboxylic acids is 1. The Balaban J connectivity index is 1.53. The van der Waals surface area contributed by atoms with E-state index in [9.17, 15) is 9.18 Å². The summed E-state index contributed by atoms with van der Waals surface area (Å²) in [5.74, 6) is -0.399. The molecular formula is C21H16FN3O. The van der Waals surface area contributed by atoms with Crippen molar-refractivity contribution in [2.45, 2.75) is 0 Å². The first kappa shape index (κ1) is 15.9. The van der Waals surface area contributed by atoms with Gasteiger partial charge in [-0.2, -0.15) is 0 Å². The summed E-state index contributed by atoms with van der Waals surface area (Å²) in [6.07, 6.45) is 0. The van der Waals surface area contributed by atoms with Crippen molar-refractivity contribution in [3.8, 4) is 11.3 Å². The van der Waals surface area contributed by atoms with Crippen LogP contribution in [0.15, 0.2) is 78.9 Å². The molecule has 1 heterocycles. The van der Waals surface area contributed by atoms with Gasteiger partial charge in [-0.25, -0.2) is 9.18 Å². The van der Waals surface area contributed by atoms with E-state index in [1.54, 1.807) is 18.2 Å². The Hall–Kier alpha value is -3.60. The topological polar surface area (TPSA) is 56.9 Å². The third-order valence-corrected chi connectivity index (χ3v) is 4.04. The Kier molecular flexibility index (Phi) is 4.11. The van der Waals surface area contributed by atoms with Gasteiger partial charge in [-0.3, -0.25) is 0 Å². The number of hydrogen-bond acceptors (Lipinski definition) is 1. The number of para-hydroxylation sites is 1. The number of carbonyl (C=O) groups is 1. The molecule has 0 saturated carbocycles. The summed E-state index contributed by atoms with van der Waals surface area (Å²) in [7, 11) is 0. The van der Waals surface area contributed by atoms with E-state index in [2.05, 4.69) is 21.7 Å². The fourth-order valence-electron chi connectivity index (χ4n) is 2.85. The van der Waals surface area contributed by atoms with Crippen molar-refractivity contribution in [2.75, 3.05) is 10.6 Å². The number of fused-ring (bicyclic) bond motifs is 1. The minimum Gasteiger partial charge on any atom is -0.355 e. The average Bonchev–Trinajstić information content (AvgIpc) is 3.06. The van der Waals surface area contributed by atoms with Crippen molar-refractivity contribution >= 4 is 28.3 Å². The van der Waals surface area contributed by atoms with Gasteiger partial charge < -0.3 is 15.6 Å². The second kappa shape index (κ2) is 6.72. The lowest BCUT2D eigenvalue weighted by Gasteiger charge is -2.09. The molecule has 3 aromatic carbocycles. The lowest BCUT2D eigenvalue weighted by atomic mass is 10.1. The van der Waals surface area contributed by atoms with Gasteiger partial charge in [-0.05, 0) is 42.5 Å². The predicted molar refractivity (Wildman–Crippen MR) is 103 cm³/mol. The first-order chi connectivity index (χ1) is 12.7. The van der Waals surface area contributed by atoms with Gasteiger partial charge in [0.25, 0.3) is 0 Å². The minimum atomic E-state index is -0.426. The molecule has 0 bridgehead atoms. The number of H-pyrrole nitrogens is 1. The maximum Gasteiger partial charge on any atom is 0.323 e. The zero-order valence-corrected chi connectivity index (χ0v) is 13.8. The molecule has 0 radical (unpaired) electrons. The number of aromatic amines is 1. The maximum atomic E-state index is 13.2. The zero-order chi connectivity index (χ0) is 17.9. The van der Waals surface area contributed by atoms with Gasteiger partial charge in [0.15, 0.2) is 0 Å². The summed E-state index contributed by atoms with van der Waals surface area (Å²) in [4.78, 5) is 15.5. The first-order valence-electron chi connectivity index (χ1n) is 8.19. The van der Waals surface area contributed by atoms with Gasteiger partial charge in [0.2, 0.25) is 0 Å². The highest BCUT2D eigenvalue weighted by Crippen LogP contribution is 2.26. The van der Waals surface area contributed by atoms with E-state index in [1.807, 2.05) is 42.5 Å². The summed E-state index contributed by atoms with van der Waals surface area (Å²) in [6.45, 7) is 0. The van der Waals surface area contributed by atoms with Gasteiger partial charge in [-0.1, -0.05) is 36.4 Å². The minimum absolute atomic E-state index is 0.397. The summed E-state index contributed by atoms with van der Waals surface area (Å²) in [5, 5.41) is 6.51. The molecule has 3 N–H and O–H groups in total. The number of amides is 2. The van der Waals surface area contributed by atoms with E-state index in [0.717, 1.165) is 22.2 Å². The van der Waals surface area contributed by atoms with Crippen LogP contribution in [0.2, 0.25) is 0 Å². The Morgan fingerprint density at radius 2 is 1.54 bits per heavy atom. The molecule has 4 rings (SSSR count). The van der Waals surface area contributed by atoms with Crippen LogP contribution >= 0.6 is 0 Å². The summed E-state index contributed by atoms with van der Waals surface area (Å²) in [6, 6.07) is 23.0. The number of anilines is 2. The molecule has 0 fully saturated rings. The van der Waals surface area contributed by atoms with E-state index in [1.165, 1.54) is 12.1 Å². The predicted octanol–water partition coefficient (Wildman–Crippen LogP) is 5.62. The molecule has 0 unspecified atom stereocenters. The molecular weight excluding hydrogens is 329 g/mol. The first-order valence-corrected chi connectivity index (χ1v) is 8.19. The number of aromatic nitrogens is 1. The molecule has 128 valence electrons. The van der Waals surface area contributed by atoms with Crippen molar-refractivity contribution in [1.29, 1.82) is 0 Å². The average molecular weight is 345 g/mol. The number of urea groups is 1. The number of hydrogen-bond donors (Lipinski definition) is 3. The Labute approximate surface area is 149 Å². The Bertz CT molecular complexity index is 1050. The van der Waals surface area contributed by atoms with Gasteiger partial charge in [-0.15, -0.1) is 0 Å². The van der Waals surface area contributed by atoms with Crippen LogP contribution in [-0.4, -0.2) is 11.0 Å². The second-order valence-electron chi connectivity index (χ2n) is 5.94. The summed E-state index contributed by atoms with van der Waals surface area (Å²) >= 11 is 0. The van der Waals surface area contributed by atoms with Gasteiger partial charge in [0.1, 0.15) is 5.82 Å². The Morgan fingerprint density at radius 1 is 0.808 bits per heavy atom. The molecule has 0 atom stereocenters. The highest BCUT2D eigenvalue weighted by molar-refractivity contribution is 6.00. The molecule has 0 aliphatic rings. The van der Waals surface area contributed by atoms with Crippen LogP contribution in [-0.2, 0) is 0 Å². The van der Waals surface area contributed by atoms with Crippen LogP contribution in [0.5, 0.6) is 0 Å². The lowest BCUT2D eigenvalue weighted by Crippen LogP contribution is -2.19. The van der Waals surface area contributed by atoms with Crippen LogP contribution in [0, 0.1) is 5.82 Å². The standard InChI is InChI=1S/C21H16FN3O/c22-16-7-4-9-18(13-16)24-21(26)23-17-8-3-6-14(11-17)20-12-15-5-1-2-10-19(15)25-20/h1-13,25H,(H2,23,24,26). The molecule has 2 amide bonds. The van der Waals surface area contributed by atoms with Crippen LogP contribution in [0.4, 0.5) is 20.6 Å². The third-order valence-electron chi connectivity index (χ3n) is 4.04. The van der Waals surface area contributed by atoms with Crippen LogP contribution in [0.25, 0.3) is 22.2 Å². The fraction of sp³-hybridized carbons (Fsp3) is 0. The fourth-order valence-corrected chi connectivity index (χ4v) is 2.85. The summed E-state index contributed by atoms with van der Waals surface area (Å²) < 4.78 is 13.2. The van der Waals surface area contributed by atoms with E-state index in [-0.39, 0.29) is 0 Å². The third kappa shape index (κ3) is 3.42. The van der Waals surface area contributed by atoms with Crippen molar-refractivity contribution < 1.29 is 9.18 Å². The highest BCUT2D eigenvalue weighted by Gasteiger charge is 2.07. The van der Waals surface area contributed by atoms with Gasteiger partial charge in [0.05, 0.1) is 0 Å². The second-order valence-corrected chi connectivity index (χ2v) is 5.94. The normalized spacial score (nSPS) is 10.7. The molecule has 0 aliphatic carbocycles. The van der Waals surface area contributed by atoms with E-state index in [0.29, 0.717) is 11.4 Å². The molecule has 1 aromatic heterocycles. The van der Waals surface area contributed by atoms with Gasteiger partial charge >= 0.3 is 6.03 Å². The monoisotopic (exact) mass is 345 g/mol. The van der Waals surface area contributed by atoms with Gasteiger partial charge in [0, 0.05) is 33.5 Å². The molecule has 0 aliphatic heterocycles. The number of nitrogens with one attached hydrogen (secondary N) is 3. The van der Waals surface area contributed by atoms with Crippen molar-refractivity contribution in [3.63, 3.8) is 0 Å². The largest absolute Gasteiger partial charge is 0.355 e. The smallest absolute Gasteiger partial charge is 0.323 e. The van der Waals surface area contributed by atoms with Crippen molar-refractivity contribution in [2.24, 2.45) is 0 Å². The summed E-state index contributed by atoms with van der Waals surface area (Å²) in [5.41, 5.74) is 4.04. The number of halogens is 1. The van der Waals surface area contributed by atoms with E-state index < -0.39 is 11.8 Å². The molecule has 0 spiro atoms. The molecule has 26 heavy (non-hydrogen) atoms. The SMILES string of the molecule is O=C(Nc1cccc(F)c1)Nc1cccc(-c2cc3ccccc3[nH]2)c1. The molecule has 4 aromatic rings. The van der Waals surface area contributed by atoms with Crippen molar-refractivity contribution in [1.82, 2.24) is 4.98 Å². The van der Waals surface area contributed by atoms with Crippen LogP contribution in [0.3, 0.4) is 0 Å². The molecule has 5 heteroatoms. The lowest BCUT2D eigenvalue weighted by molar-refractivity contribution is 0.262. The number of rotatable bonds is 3. The zero-order valence-electron chi connectivity index (χ0n) is 13.8. The van der Waals surface area contributed by atoms with E-state index in [4.69, 9.17) is 0 Å². The Morgan fingerprint density at radius 3 is 2.31 bits per heavy atom. The van der Waals surface area contributed by atoms with Crippen LogP contribution < -0.4 is 10.6 Å². The highest BCUT2D eigenvalue weighted by atomic mass is 19.1. The molecule has 4 nitrogen and oxygen atoms in total. The number of benzene rings is 3. The van der Waals surface area contributed by atoms with Crippen molar-refractivity contribution in [3.05, 3.63) is 84.7 Å². The molecule has 0 saturated heterocycles. The maximum absolute atomic E-state index is 13.2.